The summed E-state index contributed by atoms with van der Waals surface area (Å²) in [5.74, 6) is 0.490. The van der Waals surface area contributed by atoms with E-state index in [2.05, 4.69) is 5.32 Å². The van der Waals surface area contributed by atoms with Crippen LogP contribution in [0, 0.1) is 5.82 Å². The Kier molecular flexibility index (Phi) is 6.07. The third kappa shape index (κ3) is 4.69. The monoisotopic (exact) mass is 350 g/mol. The highest BCUT2D eigenvalue weighted by atomic mass is 35.5. The molecule has 5 heteroatoms. The first-order chi connectivity index (χ1) is 11.7. The van der Waals surface area contributed by atoms with Gasteiger partial charge in [0.1, 0.15) is 37.4 Å². The number of benzene rings is 2. The molecule has 0 bridgehead atoms. The van der Waals surface area contributed by atoms with E-state index in [0.29, 0.717) is 16.7 Å². The van der Waals surface area contributed by atoms with E-state index in [-0.39, 0.29) is 12.4 Å². The third-order valence-corrected chi connectivity index (χ3v) is 4.42. The molecule has 0 radical (unpaired) electrons. The van der Waals surface area contributed by atoms with Crippen molar-refractivity contribution >= 4 is 11.6 Å². The second-order valence-electron chi connectivity index (χ2n) is 6.00. The fraction of sp³-hybridized carbons (Fsp3) is 0.368. The van der Waals surface area contributed by atoms with Gasteiger partial charge in [0, 0.05) is 22.8 Å². The number of quaternary nitrogens is 1. The molecule has 3 rings (SSSR count). The second kappa shape index (κ2) is 8.47. The average Bonchev–Trinajstić information content (AvgIpc) is 3.09. The molecule has 1 saturated heterocycles. The molecule has 0 aromatic heterocycles. The third-order valence-electron chi connectivity index (χ3n) is 4.18. The van der Waals surface area contributed by atoms with Gasteiger partial charge in [-0.15, -0.1) is 0 Å². The van der Waals surface area contributed by atoms with Crippen LogP contribution in [-0.2, 0) is 17.9 Å². The zero-order valence-corrected chi connectivity index (χ0v) is 14.3. The van der Waals surface area contributed by atoms with E-state index < -0.39 is 0 Å². The van der Waals surface area contributed by atoms with Crippen molar-refractivity contribution in [3.8, 4) is 5.75 Å². The van der Waals surface area contributed by atoms with Crippen LogP contribution in [0.5, 0.6) is 5.75 Å². The van der Waals surface area contributed by atoms with Gasteiger partial charge in [-0.3, -0.25) is 0 Å². The minimum atomic E-state index is -0.252. The summed E-state index contributed by atoms with van der Waals surface area (Å²) in [6, 6.07) is 12.2. The summed E-state index contributed by atoms with van der Waals surface area (Å²) >= 11 is 6.11. The maximum absolute atomic E-state index is 13.7. The molecule has 2 aromatic rings. The van der Waals surface area contributed by atoms with E-state index in [1.165, 1.54) is 6.07 Å². The van der Waals surface area contributed by atoms with Gasteiger partial charge in [-0.25, -0.2) is 4.39 Å². The normalized spacial score (nSPS) is 17.2. The Morgan fingerprint density at radius 2 is 2.08 bits per heavy atom. The summed E-state index contributed by atoms with van der Waals surface area (Å²) in [5.41, 5.74) is 1.55. The predicted molar refractivity (Wildman–Crippen MR) is 91.7 cm³/mol. The predicted octanol–water partition coefficient (Wildman–Crippen LogP) is 3.30. The highest BCUT2D eigenvalue weighted by Gasteiger charge is 2.17. The summed E-state index contributed by atoms with van der Waals surface area (Å²) < 4.78 is 25.2. The van der Waals surface area contributed by atoms with E-state index >= 15 is 0 Å². The van der Waals surface area contributed by atoms with Crippen LogP contribution in [0.3, 0.4) is 0 Å². The van der Waals surface area contributed by atoms with Crippen molar-refractivity contribution in [2.24, 2.45) is 0 Å². The quantitative estimate of drug-likeness (QED) is 0.831. The zero-order chi connectivity index (χ0) is 16.8. The van der Waals surface area contributed by atoms with Crippen LogP contribution in [0.1, 0.15) is 24.0 Å². The van der Waals surface area contributed by atoms with E-state index in [0.717, 1.165) is 43.9 Å². The van der Waals surface area contributed by atoms with Gasteiger partial charge in [-0.2, -0.15) is 0 Å². The molecule has 128 valence electrons. The average molecular weight is 351 g/mol. The van der Waals surface area contributed by atoms with Gasteiger partial charge in [-0.1, -0.05) is 29.8 Å². The van der Waals surface area contributed by atoms with E-state index in [4.69, 9.17) is 21.1 Å². The molecule has 24 heavy (non-hydrogen) atoms. The Bertz CT molecular complexity index is 674. The van der Waals surface area contributed by atoms with E-state index in [1.54, 1.807) is 24.3 Å². The molecule has 0 saturated carbocycles. The lowest BCUT2D eigenvalue weighted by molar-refractivity contribution is -0.676. The van der Waals surface area contributed by atoms with Crippen LogP contribution >= 0.6 is 11.6 Å². The molecule has 1 atom stereocenters. The summed E-state index contributed by atoms with van der Waals surface area (Å²) in [5, 5.41) is 2.88. The number of ether oxygens (including phenoxy) is 2. The zero-order valence-electron chi connectivity index (χ0n) is 13.5. The SMILES string of the molecule is Fc1ccccc1COc1ccc(Cl)cc1C[NH2+]C[C@H]1CCCO1. The Hall–Kier alpha value is -1.62. The molecule has 2 N–H and O–H groups in total. The van der Waals surface area contributed by atoms with Gasteiger partial charge in [0.25, 0.3) is 0 Å². The number of hydrogen-bond donors (Lipinski definition) is 1. The molecule has 1 aliphatic rings. The van der Waals surface area contributed by atoms with Gasteiger partial charge in [0.2, 0.25) is 0 Å². The summed E-state index contributed by atoms with van der Waals surface area (Å²) in [6.45, 7) is 2.76. The largest absolute Gasteiger partial charge is 0.488 e. The molecule has 3 nitrogen and oxygen atoms in total. The molecule has 0 amide bonds. The van der Waals surface area contributed by atoms with Gasteiger partial charge >= 0.3 is 0 Å². The molecule has 0 spiro atoms. The van der Waals surface area contributed by atoms with Gasteiger partial charge in [0.05, 0.1) is 0 Å². The smallest absolute Gasteiger partial charge is 0.129 e. The number of nitrogens with two attached hydrogens (primary N) is 1. The van der Waals surface area contributed by atoms with Crippen molar-refractivity contribution < 1.29 is 19.2 Å². The number of hydrogen-bond acceptors (Lipinski definition) is 2. The molecular weight excluding hydrogens is 329 g/mol. The maximum atomic E-state index is 13.7. The minimum Gasteiger partial charge on any atom is -0.488 e. The van der Waals surface area contributed by atoms with Crippen LogP contribution in [-0.4, -0.2) is 19.3 Å². The fourth-order valence-corrected chi connectivity index (χ4v) is 3.07. The molecule has 0 aliphatic carbocycles. The Morgan fingerprint density at radius 3 is 2.88 bits per heavy atom. The van der Waals surface area contributed by atoms with Crippen molar-refractivity contribution in [3.63, 3.8) is 0 Å². The van der Waals surface area contributed by atoms with E-state index in [9.17, 15) is 4.39 Å². The van der Waals surface area contributed by atoms with Crippen LogP contribution < -0.4 is 10.1 Å². The van der Waals surface area contributed by atoms with Gasteiger partial charge < -0.3 is 14.8 Å². The first-order valence-corrected chi connectivity index (χ1v) is 8.68. The Labute approximate surface area is 146 Å². The summed E-state index contributed by atoms with van der Waals surface area (Å²) in [4.78, 5) is 0. The van der Waals surface area contributed by atoms with Gasteiger partial charge in [0.15, 0.2) is 0 Å². The minimum absolute atomic E-state index is 0.201. The lowest BCUT2D eigenvalue weighted by Crippen LogP contribution is -2.84. The van der Waals surface area contributed by atoms with Crippen LogP contribution in [0.4, 0.5) is 4.39 Å². The van der Waals surface area contributed by atoms with Crippen molar-refractivity contribution in [2.45, 2.75) is 32.1 Å². The molecule has 1 heterocycles. The summed E-state index contributed by atoms with van der Waals surface area (Å²) in [7, 11) is 0. The summed E-state index contributed by atoms with van der Waals surface area (Å²) in [6.07, 6.45) is 2.61. The lowest BCUT2D eigenvalue weighted by atomic mass is 10.2. The van der Waals surface area contributed by atoms with Crippen molar-refractivity contribution in [1.29, 1.82) is 0 Å². The first kappa shape index (κ1) is 17.2. The molecule has 1 aliphatic heterocycles. The van der Waals surface area contributed by atoms with Crippen molar-refractivity contribution in [1.82, 2.24) is 0 Å². The number of rotatable bonds is 7. The van der Waals surface area contributed by atoms with E-state index in [1.807, 2.05) is 12.1 Å². The van der Waals surface area contributed by atoms with Crippen molar-refractivity contribution in [2.75, 3.05) is 13.2 Å². The van der Waals surface area contributed by atoms with Crippen LogP contribution in [0.25, 0.3) is 0 Å². The van der Waals surface area contributed by atoms with Crippen molar-refractivity contribution in [3.05, 3.63) is 64.4 Å². The highest BCUT2D eigenvalue weighted by molar-refractivity contribution is 6.30. The molecule has 0 unspecified atom stereocenters. The highest BCUT2D eigenvalue weighted by Crippen LogP contribution is 2.23. The maximum Gasteiger partial charge on any atom is 0.129 e. The molecular formula is C19H22ClFNO2+. The lowest BCUT2D eigenvalue weighted by Gasteiger charge is -2.13. The first-order valence-electron chi connectivity index (χ1n) is 8.30. The Balaban J connectivity index is 1.60. The topological polar surface area (TPSA) is 35.1 Å². The standard InChI is InChI=1S/C19H21ClFNO2/c20-16-7-8-19(24-13-14-4-1-2-6-18(14)21)15(10-16)11-22-12-17-5-3-9-23-17/h1-2,4,6-8,10,17,22H,3,5,9,11-13H2/p+1/t17-/m1/s1. The second-order valence-corrected chi connectivity index (χ2v) is 6.43. The molecule has 2 aromatic carbocycles. The Morgan fingerprint density at radius 1 is 1.21 bits per heavy atom. The van der Waals surface area contributed by atoms with Crippen LogP contribution in [0.2, 0.25) is 5.02 Å². The van der Waals surface area contributed by atoms with Crippen LogP contribution in [0.15, 0.2) is 42.5 Å². The number of halogens is 2. The van der Waals surface area contributed by atoms with Gasteiger partial charge in [-0.05, 0) is 37.1 Å². The fourth-order valence-electron chi connectivity index (χ4n) is 2.87. The molecule has 1 fully saturated rings.